The molecule has 0 aliphatic carbocycles. The molecule has 2 aliphatic rings. The largest absolute Gasteiger partial charge is 0.471 e. The number of thioether (sulfide) groups is 1. The van der Waals surface area contributed by atoms with Gasteiger partial charge in [0.15, 0.2) is 10.6 Å². The third-order valence-corrected chi connectivity index (χ3v) is 11.5. The first-order valence-corrected chi connectivity index (χ1v) is 18.8. The Balaban J connectivity index is 1.06. The Labute approximate surface area is 307 Å². The first-order valence-electron chi connectivity index (χ1n) is 17.0. The van der Waals surface area contributed by atoms with E-state index in [0.717, 1.165) is 47.9 Å². The first-order chi connectivity index (χ1) is 25.1. The first kappa shape index (κ1) is 36.1. The minimum Gasteiger partial charge on any atom is -0.392 e. The molecule has 0 bridgehead atoms. The van der Waals surface area contributed by atoms with E-state index in [1.54, 1.807) is 23.1 Å². The highest BCUT2D eigenvalue weighted by atomic mass is 32.2. The molecular weight excluding hydrogens is 712 g/mol. The molecule has 2 aliphatic heterocycles. The molecule has 2 saturated heterocycles. The number of carbonyl (C=O) groups excluding carboxylic acids is 2. The smallest absolute Gasteiger partial charge is 0.392 e. The monoisotopic (exact) mass is 747 g/mol. The molecule has 4 unspecified atom stereocenters. The van der Waals surface area contributed by atoms with E-state index in [2.05, 4.69) is 11.4 Å². The van der Waals surface area contributed by atoms with E-state index in [1.807, 2.05) is 91.0 Å². The summed E-state index contributed by atoms with van der Waals surface area (Å²) in [6, 6.07) is 30.1. The fourth-order valence-corrected chi connectivity index (χ4v) is 8.69. The summed E-state index contributed by atoms with van der Waals surface area (Å²) in [5.74, 6) is -1.91. The van der Waals surface area contributed by atoms with Crippen molar-refractivity contribution in [1.82, 2.24) is 15.2 Å². The van der Waals surface area contributed by atoms with Crippen molar-refractivity contribution in [2.24, 2.45) is 0 Å². The number of para-hydroxylation sites is 1. The molecular formula is C39H36F3N3O5S2. The fraction of sp³-hybridized carbons (Fsp3) is 0.308. The highest BCUT2D eigenvalue weighted by molar-refractivity contribution is 8.01. The van der Waals surface area contributed by atoms with Crippen molar-refractivity contribution in [2.75, 3.05) is 12.3 Å². The van der Waals surface area contributed by atoms with Crippen LogP contribution in [0.2, 0.25) is 0 Å². The van der Waals surface area contributed by atoms with E-state index in [1.165, 1.54) is 0 Å². The van der Waals surface area contributed by atoms with Gasteiger partial charge in [0.25, 0.3) is 0 Å². The molecule has 3 heterocycles. The number of ether oxygens (including phenoxy) is 2. The molecule has 8 nitrogen and oxygen atoms in total. The number of benzene rings is 4. The number of alkyl halides is 3. The van der Waals surface area contributed by atoms with Crippen molar-refractivity contribution in [3.63, 3.8) is 0 Å². The number of aromatic nitrogens is 1. The Hall–Kier alpha value is -4.27. The van der Waals surface area contributed by atoms with Gasteiger partial charge < -0.3 is 24.8 Å². The molecule has 270 valence electrons. The third kappa shape index (κ3) is 8.34. The van der Waals surface area contributed by atoms with Crippen LogP contribution in [-0.2, 0) is 32.2 Å². The molecule has 5 aromatic rings. The summed E-state index contributed by atoms with van der Waals surface area (Å²) < 4.78 is 54.5. The van der Waals surface area contributed by atoms with Crippen molar-refractivity contribution >= 4 is 45.1 Å². The molecule has 52 heavy (non-hydrogen) atoms. The summed E-state index contributed by atoms with van der Waals surface area (Å²) in [6.07, 6.45) is -4.91. The summed E-state index contributed by atoms with van der Waals surface area (Å²) in [5, 5.41) is 12.3. The van der Waals surface area contributed by atoms with Crippen molar-refractivity contribution in [3.05, 3.63) is 119 Å². The number of aliphatic hydroxyl groups excluding tert-OH is 1. The summed E-state index contributed by atoms with van der Waals surface area (Å²) in [6.45, 7) is -0.0475. The number of nitrogens with zero attached hydrogens (tertiary/aromatic N) is 2. The molecule has 2 N–H and O–H groups in total. The van der Waals surface area contributed by atoms with Gasteiger partial charge in [0.1, 0.15) is 6.04 Å². The van der Waals surface area contributed by atoms with Crippen LogP contribution in [0.3, 0.4) is 0 Å². The molecule has 4 aromatic carbocycles. The van der Waals surface area contributed by atoms with E-state index < -0.39 is 30.3 Å². The zero-order chi connectivity index (χ0) is 36.2. The maximum atomic E-state index is 13.1. The van der Waals surface area contributed by atoms with Gasteiger partial charge in [-0.15, -0.1) is 11.3 Å². The van der Waals surface area contributed by atoms with Crippen molar-refractivity contribution < 1.29 is 37.3 Å². The maximum absolute atomic E-state index is 13.1. The number of halogens is 3. The fourth-order valence-electron chi connectivity index (χ4n) is 6.58. The Bertz CT molecular complexity index is 2010. The second-order valence-corrected chi connectivity index (χ2v) is 15.1. The van der Waals surface area contributed by atoms with Crippen LogP contribution in [0.25, 0.3) is 21.3 Å². The van der Waals surface area contributed by atoms with Crippen LogP contribution in [0.15, 0.2) is 101 Å². The number of aliphatic hydroxyl groups is 1. The molecule has 2 amide bonds. The average Bonchev–Trinajstić information content (AvgIpc) is 3.83. The lowest BCUT2D eigenvalue weighted by Gasteiger charge is -2.36. The average molecular weight is 748 g/mol. The molecule has 0 saturated carbocycles. The van der Waals surface area contributed by atoms with Crippen LogP contribution in [0.1, 0.15) is 53.9 Å². The molecule has 4 atom stereocenters. The second-order valence-electron chi connectivity index (χ2n) is 12.8. The Morgan fingerprint density at radius 3 is 2.46 bits per heavy atom. The predicted octanol–water partition coefficient (Wildman–Crippen LogP) is 7.96. The molecule has 7 rings (SSSR count). The summed E-state index contributed by atoms with van der Waals surface area (Å²) in [4.78, 5) is 30.1. The van der Waals surface area contributed by atoms with Gasteiger partial charge in [-0.2, -0.15) is 13.2 Å². The second kappa shape index (κ2) is 15.8. The number of thiazole rings is 1. The van der Waals surface area contributed by atoms with Gasteiger partial charge >= 0.3 is 12.1 Å². The molecule has 1 aromatic heterocycles. The highest BCUT2D eigenvalue weighted by Crippen LogP contribution is 2.41. The standard InChI is InChI=1S/C39H36F3N3O5S2/c40-39(41,42)37(48)45-17-5-11-32(45)35(47)43-21-25-6-3-7-27(18-25)28-8-4-9-29(19-28)36-49-30(20-33(50-36)26-15-13-24(22-46)14-16-26)23-51-38-44-31-10-1-2-12-34(31)52-38/h1-4,6-10,12-16,18-19,30,32-33,36,46H,5,11,17,20-23H2,(H,43,47). The predicted molar refractivity (Wildman–Crippen MR) is 193 cm³/mol. The van der Waals surface area contributed by atoms with Crippen LogP contribution >= 0.6 is 23.1 Å². The van der Waals surface area contributed by atoms with E-state index >= 15 is 0 Å². The molecule has 0 spiro atoms. The van der Waals surface area contributed by atoms with E-state index in [0.29, 0.717) is 23.5 Å². The number of hydrogen-bond acceptors (Lipinski definition) is 8. The van der Waals surface area contributed by atoms with Crippen LogP contribution in [0.5, 0.6) is 0 Å². The van der Waals surface area contributed by atoms with E-state index in [-0.39, 0.29) is 38.3 Å². The Morgan fingerprint density at radius 2 is 1.69 bits per heavy atom. The molecule has 0 radical (unpaired) electrons. The normalized spacial score (nSPS) is 20.7. The topological polar surface area (TPSA) is 101 Å². The van der Waals surface area contributed by atoms with Crippen molar-refractivity contribution in [2.45, 2.75) is 67.5 Å². The summed E-state index contributed by atoms with van der Waals surface area (Å²) >= 11 is 3.33. The van der Waals surface area contributed by atoms with Gasteiger partial charge in [-0.1, -0.05) is 84.6 Å². The minimum atomic E-state index is -5.02. The maximum Gasteiger partial charge on any atom is 0.471 e. The third-order valence-electron chi connectivity index (χ3n) is 9.23. The zero-order valence-electron chi connectivity index (χ0n) is 27.9. The molecule has 13 heteroatoms. The van der Waals surface area contributed by atoms with Crippen LogP contribution in [0, 0.1) is 0 Å². The van der Waals surface area contributed by atoms with Crippen LogP contribution < -0.4 is 5.32 Å². The van der Waals surface area contributed by atoms with Gasteiger partial charge in [0.05, 0.1) is 29.0 Å². The van der Waals surface area contributed by atoms with Gasteiger partial charge in [0.2, 0.25) is 5.91 Å². The Kier molecular flexibility index (Phi) is 10.9. The lowest BCUT2D eigenvalue weighted by molar-refractivity contribution is -0.245. The van der Waals surface area contributed by atoms with Gasteiger partial charge in [-0.3, -0.25) is 9.59 Å². The number of rotatable bonds is 10. The zero-order valence-corrected chi connectivity index (χ0v) is 29.6. The SMILES string of the molecule is O=C(NCc1cccc(-c2cccc(C3OC(CSc4nc5ccccc5s4)CC(c4ccc(CO)cc4)O3)c2)c1)C1CCCN1C(=O)C(F)(F)F. The lowest BCUT2D eigenvalue weighted by atomic mass is 9.99. The van der Waals surface area contributed by atoms with Gasteiger partial charge in [0, 0.05) is 30.8 Å². The number of fused-ring (bicyclic) bond motifs is 1. The van der Waals surface area contributed by atoms with Crippen molar-refractivity contribution in [3.8, 4) is 11.1 Å². The summed E-state index contributed by atoms with van der Waals surface area (Å²) in [7, 11) is 0. The van der Waals surface area contributed by atoms with E-state index in [9.17, 15) is 27.9 Å². The number of likely N-dealkylation sites (tertiary alicyclic amines) is 1. The minimum absolute atomic E-state index is 0.0403. The summed E-state index contributed by atoms with van der Waals surface area (Å²) in [5.41, 5.74) is 6.15. The highest BCUT2D eigenvalue weighted by Gasteiger charge is 2.47. The number of nitrogens with one attached hydrogen (secondary N) is 1. The van der Waals surface area contributed by atoms with E-state index in [4.69, 9.17) is 14.5 Å². The lowest BCUT2D eigenvalue weighted by Crippen LogP contribution is -2.50. The molecule has 2 fully saturated rings. The quantitative estimate of drug-likeness (QED) is 0.140. The van der Waals surface area contributed by atoms with Crippen LogP contribution in [-0.4, -0.2) is 57.4 Å². The van der Waals surface area contributed by atoms with Gasteiger partial charge in [-0.05, 0) is 64.9 Å². The Morgan fingerprint density at radius 1 is 0.923 bits per heavy atom. The number of carbonyl (C=O) groups is 2. The van der Waals surface area contributed by atoms with Gasteiger partial charge in [-0.25, -0.2) is 4.98 Å². The van der Waals surface area contributed by atoms with Crippen LogP contribution in [0.4, 0.5) is 13.2 Å². The number of amides is 2. The van der Waals surface area contributed by atoms with Crippen molar-refractivity contribution in [1.29, 1.82) is 0 Å². The number of hydrogen-bond donors (Lipinski definition) is 2.